The first-order valence-corrected chi connectivity index (χ1v) is 9.43. The molecule has 124 valence electrons. The first kappa shape index (κ1) is 16.4. The third kappa shape index (κ3) is 2.86. The van der Waals surface area contributed by atoms with Crippen molar-refractivity contribution < 1.29 is 0 Å². The average molecular weight is 350 g/mol. The second-order valence-electron chi connectivity index (χ2n) is 6.12. The fourth-order valence-electron chi connectivity index (χ4n) is 3.36. The van der Waals surface area contributed by atoms with Crippen molar-refractivity contribution in [2.24, 2.45) is 0 Å². The van der Waals surface area contributed by atoms with Gasteiger partial charge in [-0.25, -0.2) is 0 Å². The van der Waals surface area contributed by atoms with Crippen molar-refractivity contribution in [1.29, 1.82) is 0 Å². The van der Waals surface area contributed by atoms with Gasteiger partial charge in [0.2, 0.25) is 0 Å². The van der Waals surface area contributed by atoms with Gasteiger partial charge in [0.1, 0.15) is 0 Å². The molecule has 4 aromatic rings. The molecule has 0 aliphatic carbocycles. The van der Waals surface area contributed by atoms with Crippen molar-refractivity contribution in [2.75, 3.05) is 0 Å². The standard InChI is InChI=1S/C25H18S/c1-3-9-18(10-4-2)20-15-16-22-24(17-20)26-23-14-8-13-21(25(22)23)19-11-6-5-7-12-19/h1,4-17H,2H3/b10-4-,18-9+. The van der Waals surface area contributed by atoms with Gasteiger partial charge >= 0.3 is 0 Å². The molecule has 0 aliphatic rings. The normalized spacial score (nSPS) is 12.1. The number of rotatable bonds is 3. The Morgan fingerprint density at radius 2 is 1.81 bits per heavy atom. The van der Waals surface area contributed by atoms with Gasteiger partial charge in [-0.1, -0.05) is 72.7 Å². The number of thiophene rings is 1. The zero-order chi connectivity index (χ0) is 17.9. The van der Waals surface area contributed by atoms with Crippen LogP contribution in [0.5, 0.6) is 0 Å². The summed E-state index contributed by atoms with van der Waals surface area (Å²) >= 11 is 1.84. The molecular weight excluding hydrogens is 332 g/mol. The quantitative estimate of drug-likeness (QED) is 0.268. The minimum Gasteiger partial charge on any atom is -0.135 e. The lowest BCUT2D eigenvalue weighted by Crippen LogP contribution is -1.81. The first-order valence-electron chi connectivity index (χ1n) is 8.62. The molecule has 0 amide bonds. The Labute approximate surface area is 158 Å². The van der Waals surface area contributed by atoms with Gasteiger partial charge in [0.05, 0.1) is 0 Å². The largest absolute Gasteiger partial charge is 0.135 e. The van der Waals surface area contributed by atoms with Crippen LogP contribution in [0.15, 0.2) is 85.0 Å². The molecule has 4 rings (SSSR count). The lowest BCUT2D eigenvalue weighted by Gasteiger charge is -2.05. The highest BCUT2D eigenvalue weighted by atomic mass is 32.1. The van der Waals surface area contributed by atoms with Crippen LogP contribution in [0.3, 0.4) is 0 Å². The average Bonchev–Trinajstić information content (AvgIpc) is 3.06. The Hall–Kier alpha value is -3.08. The Balaban J connectivity index is 1.97. The predicted octanol–water partition coefficient (Wildman–Crippen LogP) is 7.31. The summed E-state index contributed by atoms with van der Waals surface area (Å²) < 4.78 is 2.60. The summed E-state index contributed by atoms with van der Waals surface area (Å²) in [4.78, 5) is 0. The van der Waals surface area contributed by atoms with E-state index >= 15 is 0 Å². The first-order chi connectivity index (χ1) is 12.8. The van der Waals surface area contributed by atoms with Crippen LogP contribution in [-0.4, -0.2) is 0 Å². The van der Waals surface area contributed by atoms with E-state index in [0.717, 1.165) is 11.1 Å². The molecule has 0 spiro atoms. The number of hydrogen-bond acceptors (Lipinski definition) is 1. The molecule has 0 radical (unpaired) electrons. The van der Waals surface area contributed by atoms with Gasteiger partial charge in [-0.2, -0.15) is 0 Å². The maximum absolute atomic E-state index is 5.50. The zero-order valence-electron chi connectivity index (χ0n) is 14.6. The highest BCUT2D eigenvalue weighted by Gasteiger charge is 2.11. The monoisotopic (exact) mass is 350 g/mol. The lowest BCUT2D eigenvalue weighted by atomic mass is 9.98. The van der Waals surface area contributed by atoms with Crippen molar-refractivity contribution in [3.8, 4) is 23.5 Å². The summed E-state index contributed by atoms with van der Waals surface area (Å²) in [6, 6.07) is 23.8. The van der Waals surface area contributed by atoms with Gasteiger partial charge in [0.15, 0.2) is 0 Å². The zero-order valence-corrected chi connectivity index (χ0v) is 15.4. The Kier molecular flexibility index (Phi) is 4.44. The molecule has 0 nitrogen and oxygen atoms in total. The molecule has 0 fully saturated rings. The number of fused-ring (bicyclic) bond motifs is 3. The topological polar surface area (TPSA) is 0 Å². The van der Waals surface area contributed by atoms with E-state index < -0.39 is 0 Å². The maximum Gasteiger partial charge on any atom is 0.0361 e. The third-order valence-electron chi connectivity index (χ3n) is 4.50. The number of allylic oxidation sites excluding steroid dienone is 4. The third-order valence-corrected chi connectivity index (χ3v) is 5.62. The summed E-state index contributed by atoms with van der Waals surface area (Å²) in [7, 11) is 0. The van der Waals surface area contributed by atoms with E-state index in [-0.39, 0.29) is 0 Å². The van der Waals surface area contributed by atoms with E-state index in [1.54, 1.807) is 0 Å². The van der Waals surface area contributed by atoms with Crippen LogP contribution in [0.25, 0.3) is 36.9 Å². The van der Waals surface area contributed by atoms with Crippen LogP contribution < -0.4 is 0 Å². The van der Waals surface area contributed by atoms with E-state index in [9.17, 15) is 0 Å². The molecule has 3 aromatic carbocycles. The summed E-state index contributed by atoms with van der Waals surface area (Å²) in [5.41, 5.74) is 4.76. The van der Waals surface area contributed by atoms with Gasteiger partial charge in [-0.05, 0) is 47.4 Å². The highest BCUT2D eigenvalue weighted by Crippen LogP contribution is 2.40. The van der Waals surface area contributed by atoms with Crippen molar-refractivity contribution in [3.05, 3.63) is 90.5 Å². The SMILES string of the molecule is C#C/C=C(\C=C/C)c1ccc2c(c1)sc1cccc(-c3ccccc3)c12. The van der Waals surface area contributed by atoms with Crippen molar-refractivity contribution in [2.45, 2.75) is 6.92 Å². The minimum absolute atomic E-state index is 1.07. The van der Waals surface area contributed by atoms with Crippen LogP contribution >= 0.6 is 11.3 Å². The van der Waals surface area contributed by atoms with Crippen molar-refractivity contribution in [1.82, 2.24) is 0 Å². The molecule has 0 bridgehead atoms. The number of benzene rings is 3. The molecule has 1 heterocycles. The van der Waals surface area contributed by atoms with Crippen LogP contribution in [0.1, 0.15) is 12.5 Å². The Bertz CT molecular complexity index is 1180. The molecule has 0 saturated carbocycles. The van der Waals surface area contributed by atoms with Crippen LogP contribution in [0, 0.1) is 12.3 Å². The molecule has 0 aliphatic heterocycles. The van der Waals surface area contributed by atoms with Crippen LogP contribution in [0.2, 0.25) is 0 Å². The van der Waals surface area contributed by atoms with Gasteiger partial charge in [0, 0.05) is 20.2 Å². The lowest BCUT2D eigenvalue weighted by molar-refractivity contribution is 1.66. The van der Waals surface area contributed by atoms with Gasteiger partial charge in [-0.3, -0.25) is 0 Å². The Morgan fingerprint density at radius 3 is 2.58 bits per heavy atom. The summed E-state index contributed by atoms with van der Waals surface area (Å²) in [6.07, 6.45) is 11.4. The van der Waals surface area contributed by atoms with Crippen LogP contribution in [0.4, 0.5) is 0 Å². The van der Waals surface area contributed by atoms with Gasteiger partial charge in [-0.15, -0.1) is 17.8 Å². The molecule has 0 N–H and O–H groups in total. The second-order valence-corrected chi connectivity index (χ2v) is 7.21. The predicted molar refractivity (Wildman–Crippen MR) is 116 cm³/mol. The van der Waals surface area contributed by atoms with E-state index in [4.69, 9.17) is 6.42 Å². The van der Waals surface area contributed by atoms with Crippen molar-refractivity contribution in [3.63, 3.8) is 0 Å². The van der Waals surface area contributed by atoms with E-state index in [2.05, 4.69) is 78.7 Å². The fraction of sp³-hybridized carbons (Fsp3) is 0.0400. The Morgan fingerprint density at radius 1 is 0.962 bits per heavy atom. The molecule has 1 aromatic heterocycles. The summed E-state index contributed by atoms with van der Waals surface area (Å²) in [5.74, 6) is 2.65. The molecular formula is C25H18S. The van der Waals surface area contributed by atoms with Gasteiger partial charge in [0.25, 0.3) is 0 Å². The van der Waals surface area contributed by atoms with Crippen molar-refractivity contribution >= 4 is 37.1 Å². The molecule has 26 heavy (non-hydrogen) atoms. The molecule has 0 saturated heterocycles. The van der Waals surface area contributed by atoms with E-state index in [1.807, 2.05) is 30.4 Å². The second kappa shape index (κ2) is 7.04. The summed E-state index contributed by atoms with van der Waals surface area (Å²) in [5, 5.41) is 2.63. The molecule has 0 unspecified atom stereocenters. The minimum atomic E-state index is 1.07. The molecule has 1 heteroatoms. The fourth-order valence-corrected chi connectivity index (χ4v) is 4.53. The molecule has 0 atom stereocenters. The maximum atomic E-state index is 5.50. The van der Waals surface area contributed by atoms with E-state index in [0.29, 0.717) is 0 Å². The van der Waals surface area contributed by atoms with Gasteiger partial charge < -0.3 is 0 Å². The number of hydrogen-bond donors (Lipinski definition) is 0. The van der Waals surface area contributed by atoms with E-state index in [1.165, 1.54) is 31.3 Å². The number of terminal acetylenes is 1. The summed E-state index contributed by atoms with van der Waals surface area (Å²) in [6.45, 7) is 2.01. The smallest absolute Gasteiger partial charge is 0.0361 e. The highest BCUT2D eigenvalue weighted by molar-refractivity contribution is 7.26. The van der Waals surface area contributed by atoms with Crippen LogP contribution in [-0.2, 0) is 0 Å².